The number of thiophene rings is 1. The predicted molar refractivity (Wildman–Crippen MR) is 56.9 cm³/mol. The Morgan fingerprint density at radius 2 is 2.08 bits per heavy atom. The lowest BCUT2D eigenvalue weighted by Gasteiger charge is -1.94. The van der Waals surface area contributed by atoms with Gasteiger partial charge in [-0.3, -0.25) is 0 Å². The summed E-state index contributed by atoms with van der Waals surface area (Å²) < 4.78 is 1.000. The molecular weight excluding hydrogens is 204 g/mol. The normalized spacial score (nSPS) is 10.8. The molecule has 0 aliphatic heterocycles. The van der Waals surface area contributed by atoms with Crippen LogP contribution in [0.4, 0.5) is 0 Å². The van der Waals surface area contributed by atoms with Gasteiger partial charge in [-0.15, -0.1) is 11.8 Å². The summed E-state index contributed by atoms with van der Waals surface area (Å²) in [4.78, 5) is 0.843. The van der Waals surface area contributed by atoms with Crippen molar-refractivity contribution in [2.75, 3.05) is 6.26 Å². The Kier molecular flexibility index (Phi) is 2.09. The third kappa shape index (κ3) is 1.36. The number of aromatic hydroxyl groups is 2. The van der Waals surface area contributed by atoms with Crippen molar-refractivity contribution >= 4 is 33.2 Å². The molecule has 2 nitrogen and oxygen atoms in total. The van der Waals surface area contributed by atoms with Gasteiger partial charge in [-0.05, 0) is 24.5 Å². The topological polar surface area (TPSA) is 40.5 Å². The Morgan fingerprint density at radius 1 is 1.31 bits per heavy atom. The molecule has 0 spiro atoms. The fourth-order valence-electron chi connectivity index (χ4n) is 1.25. The summed E-state index contributed by atoms with van der Waals surface area (Å²) in [6, 6.07) is 5.12. The van der Waals surface area contributed by atoms with Crippen molar-refractivity contribution in [1.82, 2.24) is 0 Å². The second-order valence-corrected chi connectivity index (χ2v) is 4.47. The van der Waals surface area contributed by atoms with Crippen LogP contribution in [0.3, 0.4) is 0 Å². The number of phenols is 1. The van der Waals surface area contributed by atoms with E-state index in [2.05, 4.69) is 0 Å². The van der Waals surface area contributed by atoms with Gasteiger partial charge in [0, 0.05) is 10.1 Å². The van der Waals surface area contributed by atoms with Crippen molar-refractivity contribution in [2.45, 2.75) is 4.90 Å². The SMILES string of the molecule is CSc1c(O)sc2ccc(O)cc12. The Balaban J connectivity index is 2.80. The van der Waals surface area contributed by atoms with E-state index in [1.807, 2.05) is 12.3 Å². The van der Waals surface area contributed by atoms with Crippen molar-refractivity contribution in [1.29, 1.82) is 0 Å². The number of benzene rings is 1. The average Bonchev–Trinajstić information content (AvgIpc) is 2.40. The number of rotatable bonds is 1. The second kappa shape index (κ2) is 3.12. The van der Waals surface area contributed by atoms with Crippen LogP contribution in [0.1, 0.15) is 0 Å². The molecule has 0 saturated carbocycles. The van der Waals surface area contributed by atoms with E-state index in [1.165, 1.54) is 23.1 Å². The molecule has 0 aliphatic carbocycles. The molecule has 1 aromatic carbocycles. The summed E-state index contributed by atoms with van der Waals surface area (Å²) >= 11 is 2.83. The minimum Gasteiger partial charge on any atom is -0.508 e. The van der Waals surface area contributed by atoms with Crippen molar-refractivity contribution < 1.29 is 10.2 Å². The van der Waals surface area contributed by atoms with Gasteiger partial charge in [-0.1, -0.05) is 11.3 Å². The third-order valence-electron chi connectivity index (χ3n) is 1.81. The third-order valence-corrected chi connectivity index (χ3v) is 3.74. The zero-order valence-corrected chi connectivity index (χ0v) is 8.58. The van der Waals surface area contributed by atoms with E-state index in [1.54, 1.807) is 12.1 Å². The summed E-state index contributed by atoms with van der Waals surface area (Å²) in [6.07, 6.45) is 1.91. The molecule has 0 fully saturated rings. The molecular formula is C9H8O2S2. The predicted octanol–water partition coefficient (Wildman–Crippen LogP) is 3.03. The fourth-order valence-corrected chi connectivity index (χ4v) is 3.07. The average molecular weight is 212 g/mol. The fraction of sp³-hybridized carbons (Fsp3) is 0.111. The maximum absolute atomic E-state index is 9.54. The van der Waals surface area contributed by atoms with Crippen molar-refractivity contribution in [3.8, 4) is 10.8 Å². The molecule has 1 aromatic heterocycles. The lowest BCUT2D eigenvalue weighted by atomic mass is 10.2. The van der Waals surface area contributed by atoms with Crippen LogP contribution in [0.25, 0.3) is 10.1 Å². The molecule has 0 radical (unpaired) electrons. The molecule has 0 aliphatic rings. The van der Waals surface area contributed by atoms with Gasteiger partial charge >= 0.3 is 0 Å². The van der Waals surface area contributed by atoms with Crippen LogP contribution in [-0.4, -0.2) is 16.5 Å². The van der Waals surface area contributed by atoms with E-state index in [4.69, 9.17) is 0 Å². The largest absolute Gasteiger partial charge is 0.508 e. The van der Waals surface area contributed by atoms with Crippen LogP contribution < -0.4 is 0 Å². The first-order chi connectivity index (χ1) is 6.22. The maximum atomic E-state index is 9.54. The lowest BCUT2D eigenvalue weighted by molar-refractivity contribution is 0.475. The van der Waals surface area contributed by atoms with E-state index in [-0.39, 0.29) is 5.75 Å². The highest BCUT2D eigenvalue weighted by atomic mass is 32.2. The molecule has 0 bridgehead atoms. The highest BCUT2D eigenvalue weighted by molar-refractivity contribution is 7.99. The molecule has 0 atom stereocenters. The van der Waals surface area contributed by atoms with Gasteiger partial charge < -0.3 is 10.2 Å². The highest BCUT2D eigenvalue weighted by Crippen LogP contribution is 2.43. The number of hydrogen-bond donors (Lipinski definition) is 2. The highest BCUT2D eigenvalue weighted by Gasteiger charge is 2.10. The Morgan fingerprint density at radius 3 is 2.77 bits per heavy atom. The zero-order chi connectivity index (χ0) is 9.42. The van der Waals surface area contributed by atoms with Crippen LogP contribution in [0.2, 0.25) is 0 Å². The van der Waals surface area contributed by atoms with Crippen molar-refractivity contribution in [3.05, 3.63) is 18.2 Å². The summed E-state index contributed by atoms with van der Waals surface area (Å²) in [5.41, 5.74) is 0. The number of thioether (sulfide) groups is 1. The molecule has 0 saturated heterocycles. The maximum Gasteiger partial charge on any atom is 0.186 e. The molecule has 4 heteroatoms. The van der Waals surface area contributed by atoms with Crippen LogP contribution >= 0.6 is 23.1 Å². The van der Waals surface area contributed by atoms with Crippen LogP contribution in [-0.2, 0) is 0 Å². The van der Waals surface area contributed by atoms with Crippen molar-refractivity contribution in [2.24, 2.45) is 0 Å². The monoisotopic (exact) mass is 212 g/mol. The van der Waals surface area contributed by atoms with E-state index in [9.17, 15) is 10.2 Å². The summed E-state index contributed by atoms with van der Waals surface area (Å²) in [5, 5.41) is 20.1. The van der Waals surface area contributed by atoms with Gasteiger partial charge in [-0.25, -0.2) is 0 Å². The summed E-state index contributed by atoms with van der Waals surface area (Å²) in [7, 11) is 0. The van der Waals surface area contributed by atoms with Crippen molar-refractivity contribution in [3.63, 3.8) is 0 Å². The van der Waals surface area contributed by atoms with Crippen LogP contribution in [0.15, 0.2) is 23.1 Å². The molecule has 13 heavy (non-hydrogen) atoms. The van der Waals surface area contributed by atoms with E-state index < -0.39 is 0 Å². The molecule has 68 valence electrons. The number of fused-ring (bicyclic) bond motifs is 1. The minimum atomic E-state index is 0.237. The smallest absolute Gasteiger partial charge is 0.186 e. The van der Waals surface area contributed by atoms with E-state index in [0.29, 0.717) is 5.06 Å². The molecule has 2 rings (SSSR count). The Hall–Kier alpha value is -0.870. The summed E-state index contributed by atoms with van der Waals surface area (Å²) in [6.45, 7) is 0. The van der Waals surface area contributed by atoms with Gasteiger partial charge in [-0.2, -0.15) is 0 Å². The van der Waals surface area contributed by atoms with E-state index >= 15 is 0 Å². The minimum absolute atomic E-state index is 0.237. The molecule has 0 unspecified atom stereocenters. The first-order valence-corrected chi connectivity index (χ1v) is 5.75. The zero-order valence-electron chi connectivity index (χ0n) is 6.94. The lowest BCUT2D eigenvalue weighted by Crippen LogP contribution is -1.67. The molecule has 1 heterocycles. The summed E-state index contributed by atoms with van der Waals surface area (Å²) in [5.74, 6) is 0.237. The first-order valence-electron chi connectivity index (χ1n) is 3.71. The van der Waals surface area contributed by atoms with Crippen LogP contribution in [0, 0.1) is 0 Å². The van der Waals surface area contributed by atoms with Gasteiger partial charge in [0.15, 0.2) is 5.06 Å². The van der Waals surface area contributed by atoms with Crippen LogP contribution in [0.5, 0.6) is 10.8 Å². The standard InChI is InChI=1S/C9H8O2S2/c1-12-8-6-4-5(10)2-3-7(6)13-9(8)11/h2-4,10-11H,1H3. The molecule has 0 amide bonds. The van der Waals surface area contributed by atoms with Gasteiger partial charge in [0.05, 0.1) is 4.90 Å². The number of hydrogen-bond acceptors (Lipinski definition) is 4. The van der Waals surface area contributed by atoms with Gasteiger partial charge in [0.25, 0.3) is 0 Å². The second-order valence-electron chi connectivity index (χ2n) is 2.62. The quantitative estimate of drug-likeness (QED) is 0.714. The Labute approximate surface area is 83.8 Å². The molecule has 2 aromatic rings. The Bertz CT molecular complexity index is 448. The van der Waals surface area contributed by atoms with Gasteiger partial charge in [0.1, 0.15) is 5.75 Å². The molecule has 2 N–H and O–H groups in total. The van der Waals surface area contributed by atoms with E-state index in [0.717, 1.165) is 15.0 Å². The number of phenolic OH excluding ortho intramolecular Hbond substituents is 1. The first kappa shape index (κ1) is 8.72. The van der Waals surface area contributed by atoms with Gasteiger partial charge in [0.2, 0.25) is 0 Å².